The summed E-state index contributed by atoms with van der Waals surface area (Å²) in [7, 11) is 0. The molecule has 0 saturated carbocycles. The normalized spacial score (nSPS) is 10.3. The van der Waals surface area contributed by atoms with Crippen molar-refractivity contribution < 1.29 is 9.23 Å². The molecule has 0 aliphatic rings. The average Bonchev–Trinajstić information content (AvgIpc) is 2.55. The number of halogens is 1. The van der Waals surface area contributed by atoms with Crippen molar-refractivity contribution in [2.75, 3.05) is 11.9 Å². The minimum absolute atomic E-state index is 0.285. The molecular formula is C21H26FN3O. The van der Waals surface area contributed by atoms with Crippen molar-refractivity contribution in [3.05, 3.63) is 53.0 Å². The van der Waals surface area contributed by atoms with Gasteiger partial charge in [-0.2, -0.15) is 0 Å². The molecule has 1 aromatic heterocycles. The third-order valence-corrected chi connectivity index (χ3v) is 3.75. The highest BCUT2D eigenvalue weighted by molar-refractivity contribution is 5.78. The van der Waals surface area contributed by atoms with Gasteiger partial charge >= 0.3 is 0 Å². The highest BCUT2D eigenvalue weighted by atomic mass is 19.1. The van der Waals surface area contributed by atoms with E-state index in [9.17, 15) is 4.39 Å². The molecule has 5 heteroatoms. The maximum Gasteiger partial charge on any atom is 0.251 e. The van der Waals surface area contributed by atoms with Crippen LogP contribution in [0.1, 0.15) is 39.0 Å². The summed E-state index contributed by atoms with van der Waals surface area (Å²) in [6, 6.07) is 7.05. The van der Waals surface area contributed by atoms with Gasteiger partial charge in [-0.25, -0.2) is 9.37 Å². The lowest BCUT2D eigenvalue weighted by atomic mass is 10.0. The standard InChI is InChI=1S/C21H26FN3O/c1-13(2)9-10-23-17-7-8-18(20(22)12-17)19-11-15(5)21(24-16(19)6)26-25-14(3)4/h7-9,11-12,23H,10H2,1-6H3. The highest BCUT2D eigenvalue weighted by Crippen LogP contribution is 2.30. The topological polar surface area (TPSA) is 46.5 Å². The van der Waals surface area contributed by atoms with E-state index >= 15 is 0 Å². The van der Waals surface area contributed by atoms with Crippen molar-refractivity contribution in [3.63, 3.8) is 0 Å². The fraction of sp³-hybridized carbons (Fsp3) is 0.333. The van der Waals surface area contributed by atoms with Crippen molar-refractivity contribution in [1.82, 2.24) is 4.98 Å². The molecule has 0 unspecified atom stereocenters. The van der Waals surface area contributed by atoms with Gasteiger partial charge in [0, 0.05) is 34.6 Å². The van der Waals surface area contributed by atoms with Gasteiger partial charge in [0.05, 0.1) is 5.71 Å². The monoisotopic (exact) mass is 355 g/mol. The van der Waals surface area contributed by atoms with Gasteiger partial charge in [0.2, 0.25) is 0 Å². The van der Waals surface area contributed by atoms with E-state index in [0.717, 1.165) is 22.5 Å². The molecule has 1 aromatic carbocycles. The molecule has 0 amide bonds. The van der Waals surface area contributed by atoms with Gasteiger partial charge < -0.3 is 10.2 Å². The Morgan fingerprint density at radius 2 is 1.88 bits per heavy atom. The number of nitrogens with one attached hydrogen (secondary N) is 1. The summed E-state index contributed by atoms with van der Waals surface area (Å²) in [5, 5.41) is 7.13. The van der Waals surface area contributed by atoms with Gasteiger partial charge in [-0.05, 0) is 65.8 Å². The number of hydrogen-bond acceptors (Lipinski definition) is 4. The maximum atomic E-state index is 14.7. The second-order valence-corrected chi connectivity index (χ2v) is 6.73. The zero-order chi connectivity index (χ0) is 19.3. The highest BCUT2D eigenvalue weighted by Gasteiger charge is 2.13. The maximum absolute atomic E-state index is 14.7. The van der Waals surface area contributed by atoms with E-state index in [0.29, 0.717) is 23.7 Å². The molecule has 2 rings (SSSR count). The van der Waals surface area contributed by atoms with Gasteiger partial charge in [-0.3, -0.25) is 0 Å². The number of pyridine rings is 1. The zero-order valence-corrected chi connectivity index (χ0v) is 16.3. The third kappa shape index (κ3) is 5.15. The van der Waals surface area contributed by atoms with E-state index in [2.05, 4.69) is 21.5 Å². The number of oxime groups is 1. The third-order valence-electron chi connectivity index (χ3n) is 3.75. The van der Waals surface area contributed by atoms with Crippen LogP contribution in [-0.2, 0) is 0 Å². The number of benzene rings is 1. The van der Waals surface area contributed by atoms with Crippen LogP contribution in [0.15, 0.2) is 41.1 Å². The van der Waals surface area contributed by atoms with Crippen LogP contribution in [-0.4, -0.2) is 17.2 Å². The summed E-state index contributed by atoms with van der Waals surface area (Å²) in [5.41, 5.74) is 5.54. The molecule has 1 N–H and O–H groups in total. The number of rotatable bonds is 6. The molecule has 0 bridgehead atoms. The van der Waals surface area contributed by atoms with Crippen LogP contribution < -0.4 is 10.2 Å². The number of aryl methyl sites for hydroxylation is 2. The summed E-state index contributed by atoms with van der Waals surface area (Å²) in [5.74, 6) is 0.153. The first-order chi connectivity index (χ1) is 12.3. The van der Waals surface area contributed by atoms with Gasteiger partial charge in [0.1, 0.15) is 5.82 Å². The molecular weight excluding hydrogens is 329 g/mol. The van der Waals surface area contributed by atoms with E-state index in [4.69, 9.17) is 4.84 Å². The van der Waals surface area contributed by atoms with Crippen LogP contribution in [0, 0.1) is 19.7 Å². The summed E-state index contributed by atoms with van der Waals surface area (Å²) in [6.07, 6.45) is 2.06. The molecule has 26 heavy (non-hydrogen) atoms. The van der Waals surface area contributed by atoms with Crippen LogP contribution in [0.4, 0.5) is 10.1 Å². The number of nitrogens with zero attached hydrogens (tertiary/aromatic N) is 2. The lowest BCUT2D eigenvalue weighted by Crippen LogP contribution is -2.01. The molecule has 0 atom stereocenters. The van der Waals surface area contributed by atoms with Gasteiger partial charge in [0.25, 0.3) is 5.88 Å². The lowest BCUT2D eigenvalue weighted by molar-refractivity contribution is 0.324. The molecule has 0 aliphatic carbocycles. The van der Waals surface area contributed by atoms with Gasteiger partial charge in [0.15, 0.2) is 0 Å². The molecule has 138 valence electrons. The molecule has 0 radical (unpaired) electrons. The SMILES string of the molecule is CC(C)=CCNc1ccc(-c2cc(C)c(ON=C(C)C)nc2C)c(F)c1. The molecule has 0 fully saturated rings. The second-order valence-electron chi connectivity index (χ2n) is 6.73. The van der Waals surface area contributed by atoms with E-state index in [1.165, 1.54) is 11.6 Å². The Kier molecular flexibility index (Phi) is 6.50. The Labute approximate surface area is 154 Å². The minimum Gasteiger partial charge on any atom is -0.381 e. The van der Waals surface area contributed by atoms with Crippen molar-refractivity contribution >= 4 is 11.4 Å². The van der Waals surface area contributed by atoms with Crippen molar-refractivity contribution in [2.24, 2.45) is 5.16 Å². The predicted molar refractivity (Wildman–Crippen MR) is 106 cm³/mol. The van der Waals surface area contributed by atoms with Crippen molar-refractivity contribution in [2.45, 2.75) is 41.5 Å². The van der Waals surface area contributed by atoms with E-state index in [1.807, 2.05) is 53.7 Å². The van der Waals surface area contributed by atoms with E-state index < -0.39 is 0 Å². The fourth-order valence-corrected chi connectivity index (χ4v) is 2.40. The van der Waals surface area contributed by atoms with Gasteiger partial charge in [-0.1, -0.05) is 16.8 Å². The van der Waals surface area contributed by atoms with Crippen LogP contribution in [0.25, 0.3) is 11.1 Å². The Morgan fingerprint density at radius 1 is 1.15 bits per heavy atom. The first-order valence-electron chi connectivity index (χ1n) is 8.61. The number of aromatic nitrogens is 1. The number of allylic oxidation sites excluding steroid dienone is 1. The van der Waals surface area contributed by atoms with Crippen LogP contribution in [0.5, 0.6) is 5.88 Å². The number of hydrogen-bond donors (Lipinski definition) is 1. The second kappa shape index (κ2) is 8.61. The fourth-order valence-electron chi connectivity index (χ4n) is 2.40. The Balaban J connectivity index is 2.29. The molecule has 2 aromatic rings. The van der Waals surface area contributed by atoms with E-state index in [-0.39, 0.29) is 5.82 Å². The first kappa shape index (κ1) is 19.6. The quantitative estimate of drug-likeness (QED) is 0.413. The van der Waals surface area contributed by atoms with Crippen molar-refractivity contribution in [3.8, 4) is 17.0 Å². The molecule has 0 spiro atoms. The molecule has 0 aliphatic heterocycles. The van der Waals surface area contributed by atoms with Gasteiger partial charge in [-0.15, -0.1) is 0 Å². The van der Waals surface area contributed by atoms with Crippen LogP contribution in [0.2, 0.25) is 0 Å². The van der Waals surface area contributed by atoms with Crippen LogP contribution >= 0.6 is 0 Å². The smallest absolute Gasteiger partial charge is 0.251 e. The molecule has 0 saturated heterocycles. The Hall–Kier alpha value is -2.69. The lowest BCUT2D eigenvalue weighted by Gasteiger charge is -2.12. The van der Waals surface area contributed by atoms with Crippen LogP contribution in [0.3, 0.4) is 0 Å². The first-order valence-corrected chi connectivity index (χ1v) is 8.61. The summed E-state index contributed by atoms with van der Waals surface area (Å²) < 4.78 is 14.7. The summed E-state index contributed by atoms with van der Waals surface area (Å²) in [6.45, 7) is 12.1. The predicted octanol–water partition coefficient (Wildman–Crippen LogP) is 5.66. The summed E-state index contributed by atoms with van der Waals surface area (Å²) in [4.78, 5) is 9.78. The van der Waals surface area contributed by atoms with Crippen molar-refractivity contribution in [1.29, 1.82) is 0 Å². The largest absolute Gasteiger partial charge is 0.381 e. The number of anilines is 1. The Bertz CT molecular complexity index is 849. The zero-order valence-electron chi connectivity index (χ0n) is 16.3. The Morgan fingerprint density at radius 3 is 2.50 bits per heavy atom. The average molecular weight is 355 g/mol. The minimum atomic E-state index is -0.285. The molecule has 1 heterocycles. The van der Waals surface area contributed by atoms with E-state index in [1.54, 1.807) is 6.07 Å². The molecule has 4 nitrogen and oxygen atoms in total. The summed E-state index contributed by atoms with van der Waals surface area (Å²) >= 11 is 0.